The summed E-state index contributed by atoms with van der Waals surface area (Å²) >= 11 is 0. The predicted molar refractivity (Wildman–Crippen MR) is 99.6 cm³/mol. The van der Waals surface area contributed by atoms with Gasteiger partial charge in [0.15, 0.2) is 11.6 Å². The zero-order valence-electron chi connectivity index (χ0n) is 15.0. The van der Waals surface area contributed by atoms with Gasteiger partial charge in [-0.3, -0.25) is 0 Å². The number of aromatic nitrogens is 2. The van der Waals surface area contributed by atoms with Crippen LogP contribution in [0.25, 0.3) is 0 Å². The molecule has 1 aliphatic rings. The summed E-state index contributed by atoms with van der Waals surface area (Å²) in [5.74, 6) is 2.03. The lowest BCUT2D eigenvalue weighted by Gasteiger charge is -2.38. The minimum absolute atomic E-state index is 0.886. The van der Waals surface area contributed by atoms with Crippen LogP contribution in [0.15, 0.2) is 36.7 Å². The Bertz CT molecular complexity index is 579. The van der Waals surface area contributed by atoms with Crippen LogP contribution < -0.4 is 9.80 Å². The minimum Gasteiger partial charge on any atom is -0.320 e. The Morgan fingerprint density at radius 2 is 1.17 bits per heavy atom. The summed E-state index contributed by atoms with van der Waals surface area (Å²) in [6.45, 7) is 3.69. The van der Waals surface area contributed by atoms with E-state index in [1.165, 1.54) is 0 Å². The van der Waals surface area contributed by atoms with E-state index in [-0.39, 0.29) is 0 Å². The summed E-state index contributed by atoms with van der Waals surface area (Å²) in [4.78, 5) is 18.3. The number of hydrogen-bond donors (Lipinski definition) is 0. The summed E-state index contributed by atoms with van der Waals surface area (Å²) < 4.78 is 0. The molecule has 128 valence electrons. The molecule has 0 N–H and O–H groups in total. The zero-order valence-corrected chi connectivity index (χ0v) is 15.0. The first kappa shape index (κ1) is 16.7. The van der Waals surface area contributed by atoms with Gasteiger partial charge in [-0.1, -0.05) is 0 Å². The molecule has 2 aromatic rings. The Hall–Kier alpha value is -2.18. The van der Waals surface area contributed by atoms with Gasteiger partial charge in [0.2, 0.25) is 0 Å². The lowest BCUT2D eigenvalue weighted by molar-refractivity contribution is 0.415. The van der Waals surface area contributed by atoms with Gasteiger partial charge in [0.25, 0.3) is 0 Å². The average molecular weight is 326 g/mol. The smallest absolute Gasteiger partial charge is 0.157 e. The quantitative estimate of drug-likeness (QED) is 0.810. The second-order valence-electron chi connectivity index (χ2n) is 6.60. The first-order valence-corrected chi connectivity index (χ1v) is 8.32. The Kier molecular flexibility index (Phi) is 4.97. The number of nitrogens with zero attached hydrogens (tertiary/aromatic N) is 6. The molecule has 0 atom stereocenters. The van der Waals surface area contributed by atoms with Crippen molar-refractivity contribution >= 4 is 23.0 Å². The molecule has 3 heterocycles. The fourth-order valence-electron chi connectivity index (χ4n) is 2.90. The molecule has 0 saturated carbocycles. The van der Waals surface area contributed by atoms with Gasteiger partial charge in [-0.25, -0.2) is 9.97 Å². The van der Waals surface area contributed by atoms with E-state index in [4.69, 9.17) is 0 Å². The van der Waals surface area contributed by atoms with Gasteiger partial charge >= 0.3 is 0 Å². The fourth-order valence-corrected chi connectivity index (χ4v) is 2.90. The molecule has 6 nitrogen and oxygen atoms in total. The Labute approximate surface area is 144 Å². The zero-order chi connectivity index (χ0) is 17.1. The number of likely N-dealkylation sites (N-methyl/N-ethyl adjacent to an activating group) is 2. The number of pyridine rings is 2. The number of hydrogen-bond acceptors (Lipinski definition) is 6. The van der Waals surface area contributed by atoms with Gasteiger partial charge in [0.05, 0.1) is 11.4 Å². The second-order valence-corrected chi connectivity index (χ2v) is 6.60. The number of fused-ring (bicyclic) bond motifs is 2. The monoisotopic (exact) mass is 326 g/mol. The van der Waals surface area contributed by atoms with Crippen molar-refractivity contribution in [2.24, 2.45) is 0 Å². The third-order valence-corrected chi connectivity index (χ3v) is 4.17. The van der Waals surface area contributed by atoms with Crippen LogP contribution in [0.5, 0.6) is 0 Å². The predicted octanol–water partition coefficient (Wildman–Crippen LogP) is 2.19. The standard InChI is InChI=1S/C18H26N6/c1-21(2)11-13-23-15-7-5-10-20-18(15)24(14-12-22(3)4)16-8-6-9-19-17(16)23/h5-10H,11-14H2,1-4H3. The molecule has 2 aromatic heterocycles. The van der Waals surface area contributed by atoms with E-state index in [9.17, 15) is 0 Å². The molecule has 0 radical (unpaired) electrons. The topological polar surface area (TPSA) is 38.7 Å². The van der Waals surface area contributed by atoms with E-state index in [0.717, 1.165) is 49.2 Å². The molecule has 1 aliphatic heterocycles. The molecule has 0 amide bonds. The third kappa shape index (κ3) is 3.34. The summed E-state index contributed by atoms with van der Waals surface area (Å²) in [6.07, 6.45) is 3.74. The molecule has 0 aliphatic carbocycles. The molecule has 0 fully saturated rings. The summed E-state index contributed by atoms with van der Waals surface area (Å²) in [7, 11) is 8.38. The van der Waals surface area contributed by atoms with Crippen LogP contribution in [-0.4, -0.2) is 74.1 Å². The van der Waals surface area contributed by atoms with Crippen molar-refractivity contribution in [3.63, 3.8) is 0 Å². The van der Waals surface area contributed by atoms with E-state index < -0.39 is 0 Å². The minimum atomic E-state index is 0.886. The van der Waals surface area contributed by atoms with Crippen LogP contribution in [0.2, 0.25) is 0 Å². The summed E-state index contributed by atoms with van der Waals surface area (Å²) in [5, 5.41) is 0. The van der Waals surface area contributed by atoms with Gasteiger partial charge in [0.1, 0.15) is 0 Å². The van der Waals surface area contributed by atoms with Crippen LogP contribution in [0.3, 0.4) is 0 Å². The Balaban J connectivity index is 2.02. The maximum atomic E-state index is 4.68. The maximum absolute atomic E-state index is 4.68. The number of anilines is 4. The Morgan fingerprint density at radius 3 is 1.54 bits per heavy atom. The van der Waals surface area contributed by atoms with Gasteiger partial charge in [-0.2, -0.15) is 0 Å². The molecule has 0 bridgehead atoms. The molecule has 0 spiro atoms. The van der Waals surface area contributed by atoms with E-state index in [1.807, 2.05) is 24.5 Å². The van der Waals surface area contributed by atoms with Gasteiger partial charge in [-0.15, -0.1) is 0 Å². The first-order chi connectivity index (χ1) is 11.6. The highest BCUT2D eigenvalue weighted by Gasteiger charge is 2.29. The molecule has 24 heavy (non-hydrogen) atoms. The van der Waals surface area contributed by atoms with Crippen molar-refractivity contribution in [3.8, 4) is 0 Å². The lowest BCUT2D eigenvalue weighted by Crippen LogP contribution is -2.37. The molecule has 0 aromatic carbocycles. The first-order valence-electron chi connectivity index (χ1n) is 8.32. The van der Waals surface area contributed by atoms with Crippen LogP contribution in [0.1, 0.15) is 0 Å². The van der Waals surface area contributed by atoms with Crippen LogP contribution in [0.4, 0.5) is 23.0 Å². The highest BCUT2D eigenvalue weighted by Crippen LogP contribution is 2.44. The maximum Gasteiger partial charge on any atom is 0.157 e. The van der Waals surface area contributed by atoms with Crippen molar-refractivity contribution in [2.75, 3.05) is 64.2 Å². The number of rotatable bonds is 6. The average Bonchev–Trinajstić information content (AvgIpc) is 2.57. The van der Waals surface area contributed by atoms with E-state index in [0.29, 0.717) is 0 Å². The molecular weight excluding hydrogens is 300 g/mol. The van der Waals surface area contributed by atoms with Crippen LogP contribution in [0, 0.1) is 0 Å². The SMILES string of the molecule is CN(C)CCN1c2cccnc2N(CCN(C)C)c2cccnc21. The second kappa shape index (κ2) is 7.15. The molecule has 0 saturated heterocycles. The molecule has 3 rings (SSSR count). The normalized spacial score (nSPS) is 13.4. The van der Waals surface area contributed by atoms with Crippen molar-refractivity contribution in [2.45, 2.75) is 0 Å². The van der Waals surface area contributed by atoms with Crippen molar-refractivity contribution in [1.29, 1.82) is 0 Å². The highest BCUT2D eigenvalue weighted by molar-refractivity contribution is 5.89. The van der Waals surface area contributed by atoms with Crippen LogP contribution in [-0.2, 0) is 0 Å². The third-order valence-electron chi connectivity index (χ3n) is 4.17. The van der Waals surface area contributed by atoms with Crippen molar-refractivity contribution in [1.82, 2.24) is 19.8 Å². The van der Waals surface area contributed by atoms with Gasteiger partial charge in [0, 0.05) is 38.6 Å². The van der Waals surface area contributed by atoms with Crippen LogP contribution >= 0.6 is 0 Å². The summed E-state index contributed by atoms with van der Waals surface area (Å²) in [6, 6.07) is 8.27. The molecule has 0 unspecified atom stereocenters. The van der Waals surface area contributed by atoms with Crippen molar-refractivity contribution < 1.29 is 0 Å². The Morgan fingerprint density at radius 1 is 0.750 bits per heavy atom. The lowest BCUT2D eigenvalue weighted by atomic mass is 10.2. The fraction of sp³-hybridized carbons (Fsp3) is 0.444. The largest absolute Gasteiger partial charge is 0.320 e. The van der Waals surface area contributed by atoms with E-state index in [2.05, 4.69) is 69.9 Å². The van der Waals surface area contributed by atoms with Gasteiger partial charge in [-0.05, 0) is 52.5 Å². The van der Waals surface area contributed by atoms with Gasteiger partial charge < -0.3 is 19.6 Å². The summed E-state index contributed by atoms with van der Waals surface area (Å²) in [5.41, 5.74) is 2.26. The van der Waals surface area contributed by atoms with E-state index >= 15 is 0 Å². The molecular formula is C18H26N6. The highest BCUT2D eigenvalue weighted by atomic mass is 15.3. The molecule has 6 heteroatoms. The van der Waals surface area contributed by atoms with Crippen molar-refractivity contribution in [3.05, 3.63) is 36.7 Å². The van der Waals surface area contributed by atoms with E-state index in [1.54, 1.807) is 0 Å².